The van der Waals surface area contributed by atoms with E-state index in [2.05, 4.69) is 6.92 Å². The van der Waals surface area contributed by atoms with Gasteiger partial charge in [0.2, 0.25) is 5.91 Å². The standard InChI is InChI=1S/C17H25FN2O/c1-2-4-13-7-8-16(21)20(10-9-13)12-15-6-3-5-14(11-19)17(15)18/h3,5-6,13H,2,4,7-12,19H2,1H3. The Bertz CT molecular complexity index is 490. The molecule has 3 nitrogen and oxygen atoms in total. The van der Waals surface area contributed by atoms with Crippen LogP contribution in [0.2, 0.25) is 0 Å². The molecule has 1 unspecified atom stereocenters. The Morgan fingerprint density at radius 1 is 1.33 bits per heavy atom. The van der Waals surface area contributed by atoms with Gasteiger partial charge >= 0.3 is 0 Å². The summed E-state index contributed by atoms with van der Waals surface area (Å²) < 4.78 is 14.2. The van der Waals surface area contributed by atoms with Crippen LogP contribution >= 0.6 is 0 Å². The number of carbonyl (C=O) groups excluding carboxylic acids is 1. The van der Waals surface area contributed by atoms with E-state index in [9.17, 15) is 9.18 Å². The highest BCUT2D eigenvalue weighted by Gasteiger charge is 2.23. The zero-order valence-corrected chi connectivity index (χ0v) is 12.8. The van der Waals surface area contributed by atoms with Crippen LogP contribution in [0.1, 0.15) is 50.2 Å². The highest BCUT2D eigenvalue weighted by Crippen LogP contribution is 2.24. The average molecular weight is 292 g/mol. The molecule has 1 aromatic carbocycles. The molecule has 1 aliphatic rings. The van der Waals surface area contributed by atoms with Gasteiger partial charge in [0.05, 0.1) is 0 Å². The normalized spacial score (nSPS) is 19.7. The zero-order chi connectivity index (χ0) is 15.2. The molecule has 1 atom stereocenters. The predicted octanol–water partition coefficient (Wildman–Crippen LogP) is 3.21. The van der Waals surface area contributed by atoms with E-state index in [1.165, 1.54) is 6.42 Å². The molecule has 4 heteroatoms. The molecular formula is C17H25FN2O. The number of amides is 1. The fourth-order valence-corrected chi connectivity index (χ4v) is 3.08. The van der Waals surface area contributed by atoms with Gasteiger partial charge in [-0.15, -0.1) is 0 Å². The van der Waals surface area contributed by atoms with Crippen molar-refractivity contribution in [3.63, 3.8) is 0 Å². The minimum absolute atomic E-state index is 0.145. The first-order valence-corrected chi connectivity index (χ1v) is 7.89. The smallest absolute Gasteiger partial charge is 0.222 e. The first-order chi connectivity index (χ1) is 10.2. The summed E-state index contributed by atoms with van der Waals surface area (Å²) in [6.07, 6.45) is 4.92. The van der Waals surface area contributed by atoms with Crippen molar-refractivity contribution < 1.29 is 9.18 Å². The molecule has 21 heavy (non-hydrogen) atoms. The van der Waals surface area contributed by atoms with E-state index in [1.54, 1.807) is 17.0 Å². The molecule has 1 aromatic rings. The van der Waals surface area contributed by atoms with Crippen LogP contribution in [0.5, 0.6) is 0 Å². The minimum Gasteiger partial charge on any atom is -0.338 e. The monoisotopic (exact) mass is 292 g/mol. The molecule has 2 N–H and O–H groups in total. The number of nitrogens with zero attached hydrogens (tertiary/aromatic N) is 1. The van der Waals surface area contributed by atoms with Crippen LogP contribution in [0, 0.1) is 11.7 Å². The van der Waals surface area contributed by atoms with Crippen LogP contribution in [0.15, 0.2) is 18.2 Å². The number of rotatable bonds is 5. The second kappa shape index (κ2) is 7.55. The number of benzene rings is 1. The number of carbonyl (C=O) groups is 1. The lowest BCUT2D eigenvalue weighted by molar-refractivity contribution is -0.131. The Morgan fingerprint density at radius 3 is 2.81 bits per heavy atom. The number of nitrogens with two attached hydrogens (primary N) is 1. The zero-order valence-electron chi connectivity index (χ0n) is 12.8. The lowest BCUT2D eigenvalue weighted by Crippen LogP contribution is -2.30. The Hall–Kier alpha value is -1.42. The van der Waals surface area contributed by atoms with Crippen molar-refractivity contribution in [3.05, 3.63) is 35.1 Å². The van der Waals surface area contributed by atoms with E-state index in [1.807, 2.05) is 6.07 Å². The molecule has 0 aliphatic carbocycles. The van der Waals surface area contributed by atoms with Crippen LogP contribution in [0.25, 0.3) is 0 Å². The summed E-state index contributed by atoms with van der Waals surface area (Å²) in [5, 5.41) is 0. The molecule has 1 heterocycles. The molecule has 0 bridgehead atoms. The lowest BCUT2D eigenvalue weighted by Gasteiger charge is -2.21. The van der Waals surface area contributed by atoms with Gasteiger partial charge in [-0.1, -0.05) is 38.0 Å². The molecule has 1 saturated heterocycles. The van der Waals surface area contributed by atoms with Gasteiger partial charge < -0.3 is 10.6 Å². The summed E-state index contributed by atoms with van der Waals surface area (Å²) in [6.45, 7) is 3.46. The van der Waals surface area contributed by atoms with Crippen LogP contribution in [0.3, 0.4) is 0 Å². The van der Waals surface area contributed by atoms with Crippen molar-refractivity contribution in [1.29, 1.82) is 0 Å². The maximum atomic E-state index is 14.2. The molecular weight excluding hydrogens is 267 g/mol. The van der Waals surface area contributed by atoms with Gasteiger partial charge in [0.25, 0.3) is 0 Å². The van der Waals surface area contributed by atoms with E-state index in [4.69, 9.17) is 5.73 Å². The number of halogens is 1. The summed E-state index contributed by atoms with van der Waals surface area (Å²) >= 11 is 0. The quantitative estimate of drug-likeness (QED) is 0.905. The van der Waals surface area contributed by atoms with Crippen molar-refractivity contribution in [2.75, 3.05) is 6.54 Å². The summed E-state index contributed by atoms with van der Waals surface area (Å²) in [4.78, 5) is 14.0. The van der Waals surface area contributed by atoms with Crippen LogP contribution in [0.4, 0.5) is 4.39 Å². The third-order valence-corrected chi connectivity index (χ3v) is 4.36. The molecule has 1 aliphatic heterocycles. The fraction of sp³-hybridized carbons (Fsp3) is 0.588. The number of hydrogen-bond acceptors (Lipinski definition) is 2. The average Bonchev–Trinajstić information content (AvgIpc) is 2.65. The maximum Gasteiger partial charge on any atom is 0.222 e. The molecule has 116 valence electrons. The molecule has 2 rings (SSSR count). The van der Waals surface area contributed by atoms with Crippen LogP contribution < -0.4 is 5.73 Å². The van der Waals surface area contributed by atoms with E-state index in [-0.39, 0.29) is 18.3 Å². The molecule has 1 fully saturated rings. The second-order valence-electron chi connectivity index (χ2n) is 5.89. The van der Waals surface area contributed by atoms with Crippen molar-refractivity contribution in [2.45, 2.75) is 52.1 Å². The van der Waals surface area contributed by atoms with E-state index < -0.39 is 0 Å². The third-order valence-electron chi connectivity index (χ3n) is 4.36. The first kappa shape index (κ1) is 16.0. The van der Waals surface area contributed by atoms with Gasteiger partial charge in [-0.3, -0.25) is 4.79 Å². The predicted molar refractivity (Wildman–Crippen MR) is 82.0 cm³/mol. The number of hydrogen-bond donors (Lipinski definition) is 1. The first-order valence-electron chi connectivity index (χ1n) is 7.89. The van der Waals surface area contributed by atoms with E-state index in [0.29, 0.717) is 30.0 Å². The Labute approximate surface area is 126 Å². The van der Waals surface area contributed by atoms with Crippen LogP contribution in [-0.2, 0) is 17.9 Å². The van der Waals surface area contributed by atoms with Gasteiger partial charge in [-0.05, 0) is 18.8 Å². The lowest BCUT2D eigenvalue weighted by atomic mass is 9.96. The largest absolute Gasteiger partial charge is 0.338 e. The van der Waals surface area contributed by atoms with Crippen molar-refractivity contribution >= 4 is 5.91 Å². The van der Waals surface area contributed by atoms with Crippen LogP contribution in [-0.4, -0.2) is 17.4 Å². The molecule has 0 saturated carbocycles. The third kappa shape index (κ3) is 4.03. The Morgan fingerprint density at radius 2 is 2.10 bits per heavy atom. The maximum absolute atomic E-state index is 14.2. The fourth-order valence-electron chi connectivity index (χ4n) is 3.08. The summed E-state index contributed by atoms with van der Waals surface area (Å²) in [5.41, 5.74) is 6.62. The summed E-state index contributed by atoms with van der Waals surface area (Å²) in [5.74, 6) is 0.512. The van der Waals surface area contributed by atoms with Gasteiger partial charge in [-0.2, -0.15) is 0 Å². The summed E-state index contributed by atoms with van der Waals surface area (Å²) in [6, 6.07) is 5.25. The van der Waals surface area contributed by atoms with Crippen molar-refractivity contribution in [3.8, 4) is 0 Å². The topological polar surface area (TPSA) is 46.3 Å². The highest BCUT2D eigenvalue weighted by atomic mass is 19.1. The van der Waals surface area contributed by atoms with Gasteiger partial charge in [0.15, 0.2) is 0 Å². The molecule has 0 radical (unpaired) electrons. The number of likely N-dealkylation sites (tertiary alicyclic amines) is 1. The van der Waals surface area contributed by atoms with E-state index in [0.717, 1.165) is 25.8 Å². The van der Waals surface area contributed by atoms with Gasteiger partial charge in [-0.25, -0.2) is 4.39 Å². The summed E-state index contributed by atoms with van der Waals surface area (Å²) in [7, 11) is 0. The Kier molecular flexibility index (Phi) is 5.74. The Balaban J connectivity index is 2.06. The highest BCUT2D eigenvalue weighted by molar-refractivity contribution is 5.76. The second-order valence-corrected chi connectivity index (χ2v) is 5.89. The SMILES string of the molecule is CCCC1CCC(=O)N(Cc2cccc(CN)c2F)CC1. The van der Waals surface area contributed by atoms with Gasteiger partial charge in [0.1, 0.15) is 5.82 Å². The van der Waals surface area contributed by atoms with Crippen molar-refractivity contribution in [1.82, 2.24) is 4.90 Å². The van der Waals surface area contributed by atoms with Gasteiger partial charge in [0, 0.05) is 37.2 Å². The van der Waals surface area contributed by atoms with Crippen molar-refractivity contribution in [2.24, 2.45) is 11.7 Å². The molecule has 0 spiro atoms. The minimum atomic E-state index is -0.262. The van der Waals surface area contributed by atoms with E-state index >= 15 is 0 Å². The molecule has 1 amide bonds. The molecule has 0 aromatic heterocycles.